The van der Waals surface area contributed by atoms with Crippen LogP contribution in [0.25, 0.3) is 0 Å². The normalized spacial score (nSPS) is 24.5. The molecule has 4 rings (SSSR count). The Morgan fingerprint density at radius 2 is 1.34 bits per heavy atom. The van der Waals surface area contributed by atoms with Gasteiger partial charge < -0.3 is 0 Å². The fourth-order valence-electron chi connectivity index (χ4n) is 4.77. The zero-order valence-electron chi connectivity index (χ0n) is 15.6. The first-order valence-corrected chi connectivity index (χ1v) is 9.73. The molecule has 0 radical (unpaired) electrons. The molecule has 2 atom stereocenters. The molecular formula is C22H20F5NO. The van der Waals surface area contributed by atoms with Gasteiger partial charge in [0.1, 0.15) is 0 Å². The van der Waals surface area contributed by atoms with Gasteiger partial charge >= 0.3 is 0 Å². The maximum atomic E-state index is 14.1. The molecule has 0 spiro atoms. The van der Waals surface area contributed by atoms with Crippen molar-refractivity contribution in [2.75, 3.05) is 0 Å². The summed E-state index contributed by atoms with van der Waals surface area (Å²) in [4.78, 5) is 15.1. The van der Waals surface area contributed by atoms with Crippen molar-refractivity contribution < 1.29 is 26.7 Å². The SMILES string of the molecule is O=C(c1c(F)c(F)c(F)c(F)c1F)C1CC2CCCC(C1)N2Cc1ccccc1. The summed E-state index contributed by atoms with van der Waals surface area (Å²) in [6, 6.07) is 9.94. The molecule has 154 valence electrons. The molecule has 7 heteroatoms. The molecule has 29 heavy (non-hydrogen) atoms. The van der Waals surface area contributed by atoms with Crippen LogP contribution in [0, 0.1) is 35.0 Å². The van der Waals surface area contributed by atoms with E-state index in [1.807, 2.05) is 30.3 Å². The van der Waals surface area contributed by atoms with Crippen LogP contribution >= 0.6 is 0 Å². The molecule has 0 aliphatic carbocycles. The Morgan fingerprint density at radius 1 is 0.828 bits per heavy atom. The lowest BCUT2D eigenvalue weighted by atomic mass is 9.75. The quantitative estimate of drug-likeness (QED) is 0.292. The number of hydrogen-bond donors (Lipinski definition) is 0. The molecule has 2 saturated heterocycles. The lowest BCUT2D eigenvalue weighted by Crippen LogP contribution is -2.52. The number of piperidine rings is 2. The number of Topliss-reactive ketones (excluding diaryl/α,β-unsaturated/α-hetero) is 1. The van der Waals surface area contributed by atoms with Crippen molar-refractivity contribution in [1.29, 1.82) is 0 Å². The number of hydrogen-bond acceptors (Lipinski definition) is 2. The van der Waals surface area contributed by atoms with E-state index in [-0.39, 0.29) is 12.1 Å². The molecule has 0 amide bonds. The first-order chi connectivity index (χ1) is 13.9. The number of nitrogens with zero attached hydrogens (tertiary/aromatic N) is 1. The molecule has 2 heterocycles. The summed E-state index contributed by atoms with van der Waals surface area (Å²) < 4.78 is 68.6. The molecule has 2 aromatic rings. The van der Waals surface area contributed by atoms with E-state index in [2.05, 4.69) is 4.90 Å². The summed E-state index contributed by atoms with van der Waals surface area (Å²) in [7, 11) is 0. The molecule has 2 unspecified atom stereocenters. The van der Waals surface area contributed by atoms with Crippen LogP contribution in [0.4, 0.5) is 22.0 Å². The van der Waals surface area contributed by atoms with Crippen LogP contribution in [0.2, 0.25) is 0 Å². The Kier molecular flexibility index (Phi) is 5.42. The van der Waals surface area contributed by atoms with Crippen molar-refractivity contribution in [2.24, 2.45) is 5.92 Å². The maximum absolute atomic E-state index is 14.1. The number of fused-ring (bicyclic) bond motifs is 2. The third-order valence-electron chi connectivity index (χ3n) is 6.16. The minimum atomic E-state index is -2.24. The number of rotatable bonds is 4. The van der Waals surface area contributed by atoms with E-state index in [0.29, 0.717) is 19.4 Å². The van der Waals surface area contributed by atoms with Crippen LogP contribution in [-0.2, 0) is 6.54 Å². The molecule has 2 aliphatic rings. The average molecular weight is 409 g/mol. The van der Waals surface area contributed by atoms with E-state index < -0.39 is 46.4 Å². The number of carbonyl (C=O) groups excluding carboxylic acids is 1. The molecular weight excluding hydrogens is 389 g/mol. The number of carbonyl (C=O) groups is 1. The number of benzene rings is 2. The molecule has 0 saturated carbocycles. The van der Waals surface area contributed by atoms with Gasteiger partial charge in [0.05, 0.1) is 5.56 Å². The van der Waals surface area contributed by atoms with Crippen molar-refractivity contribution >= 4 is 5.78 Å². The van der Waals surface area contributed by atoms with E-state index in [1.54, 1.807) is 0 Å². The average Bonchev–Trinajstić information content (AvgIpc) is 2.71. The van der Waals surface area contributed by atoms with Gasteiger partial charge in [-0.05, 0) is 31.2 Å². The maximum Gasteiger partial charge on any atom is 0.200 e. The number of halogens is 5. The van der Waals surface area contributed by atoms with E-state index in [1.165, 1.54) is 0 Å². The molecule has 0 aromatic heterocycles. The van der Waals surface area contributed by atoms with Gasteiger partial charge in [-0.2, -0.15) is 0 Å². The summed E-state index contributed by atoms with van der Waals surface area (Å²) >= 11 is 0. The summed E-state index contributed by atoms with van der Waals surface area (Å²) in [6.07, 6.45) is 3.36. The van der Waals surface area contributed by atoms with Crippen LogP contribution in [-0.4, -0.2) is 22.8 Å². The van der Waals surface area contributed by atoms with Gasteiger partial charge in [0.25, 0.3) is 0 Å². The van der Waals surface area contributed by atoms with Gasteiger partial charge in [-0.15, -0.1) is 0 Å². The lowest BCUT2D eigenvalue weighted by Gasteiger charge is -2.48. The molecule has 2 fully saturated rings. The van der Waals surface area contributed by atoms with Crippen molar-refractivity contribution in [3.63, 3.8) is 0 Å². The second-order valence-electron chi connectivity index (χ2n) is 7.87. The summed E-state index contributed by atoms with van der Waals surface area (Å²) in [5.41, 5.74) is -0.171. The standard InChI is InChI=1S/C22H20F5NO/c23-17-16(18(24)20(26)21(27)19(17)25)22(29)13-9-14-7-4-8-15(10-13)28(14)11-12-5-2-1-3-6-12/h1-3,5-6,13-15H,4,7-11H2. The third kappa shape index (κ3) is 3.56. The van der Waals surface area contributed by atoms with E-state index in [4.69, 9.17) is 0 Å². The first-order valence-electron chi connectivity index (χ1n) is 9.73. The Morgan fingerprint density at radius 3 is 1.90 bits per heavy atom. The fourth-order valence-corrected chi connectivity index (χ4v) is 4.77. The summed E-state index contributed by atoms with van der Waals surface area (Å²) in [6.45, 7) is 0.708. The monoisotopic (exact) mass is 409 g/mol. The minimum absolute atomic E-state index is 0.0397. The Bertz CT molecular complexity index is 890. The topological polar surface area (TPSA) is 20.3 Å². The van der Waals surface area contributed by atoms with E-state index in [0.717, 1.165) is 24.8 Å². The predicted octanol–water partition coefficient (Wildman–Crippen LogP) is 5.40. The highest BCUT2D eigenvalue weighted by Gasteiger charge is 2.42. The zero-order valence-corrected chi connectivity index (χ0v) is 15.6. The second kappa shape index (κ2) is 7.86. The van der Waals surface area contributed by atoms with E-state index in [9.17, 15) is 26.7 Å². The molecule has 2 bridgehead atoms. The van der Waals surface area contributed by atoms with Crippen LogP contribution in [0.3, 0.4) is 0 Å². The first kappa shape index (κ1) is 20.0. The van der Waals surface area contributed by atoms with Crippen molar-refractivity contribution in [3.8, 4) is 0 Å². The smallest absolute Gasteiger partial charge is 0.200 e. The highest BCUT2D eigenvalue weighted by molar-refractivity contribution is 5.98. The fraction of sp³-hybridized carbons (Fsp3) is 0.409. The summed E-state index contributed by atoms with van der Waals surface area (Å²) in [5, 5.41) is 0. The van der Waals surface area contributed by atoms with Gasteiger partial charge in [0.2, 0.25) is 5.82 Å². The van der Waals surface area contributed by atoms with Gasteiger partial charge in [-0.1, -0.05) is 36.8 Å². The third-order valence-corrected chi connectivity index (χ3v) is 6.16. The molecule has 2 nitrogen and oxygen atoms in total. The molecule has 2 aromatic carbocycles. The van der Waals surface area contributed by atoms with Crippen molar-refractivity contribution in [3.05, 3.63) is 70.5 Å². The van der Waals surface area contributed by atoms with Crippen LogP contribution in [0.1, 0.15) is 48.0 Å². The highest BCUT2D eigenvalue weighted by atomic mass is 19.2. The molecule has 2 aliphatic heterocycles. The van der Waals surface area contributed by atoms with Gasteiger partial charge in [0, 0.05) is 24.5 Å². The second-order valence-corrected chi connectivity index (χ2v) is 7.87. The largest absolute Gasteiger partial charge is 0.294 e. The molecule has 0 N–H and O–H groups in total. The Balaban J connectivity index is 1.59. The highest BCUT2D eigenvalue weighted by Crippen LogP contribution is 2.40. The van der Waals surface area contributed by atoms with Crippen LogP contribution in [0.15, 0.2) is 30.3 Å². The Hall–Kier alpha value is -2.28. The van der Waals surface area contributed by atoms with Crippen molar-refractivity contribution in [1.82, 2.24) is 4.90 Å². The zero-order chi connectivity index (χ0) is 20.7. The Labute approximate surface area is 165 Å². The van der Waals surface area contributed by atoms with Gasteiger partial charge in [-0.25, -0.2) is 22.0 Å². The van der Waals surface area contributed by atoms with Crippen LogP contribution in [0.5, 0.6) is 0 Å². The summed E-state index contributed by atoms with van der Waals surface area (Å²) in [5.74, 6) is -12.2. The van der Waals surface area contributed by atoms with Gasteiger partial charge in [0.15, 0.2) is 29.1 Å². The van der Waals surface area contributed by atoms with E-state index >= 15 is 0 Å². The van der Waals surface area contributed by atoms with Gasteiger partial charge in [-0.3, -0.25) is 9.69 Å². The minimum Gasteiger partial charge on any atom is -0.294 e. The lowest BCUT2D eigenvalue weighted by molar-refractivity contribution is 0.00876. The predicted molar refractivity (Wildman–Crippen MR) is 96.7 cm³/mol. The van der Waals surface area contributed by atoms with Crippen LogP contribution < -0.4 is 0 Å². The van der Waals surface area contributed by atoms with Crippen molar-refractivity contribution in [2.45, 2.75) is 50.7 Å². The number of ketones is 1.